The summed E-state index contributed by atoms with van der Waals surface area (Å²) in [6.07, 6.45) is 1.52. The maximum Gasteiger partial charge on any atom is 0.294 e. The average Bonchev–Trinajstić information content (AvgIpc) is 2.61. The molecule has 2 unspecified atom stereocenters. The Morgan fingerprint density at radius 3 is 2.85 bits per heavy atom. The molecule has 142 valence electrons. The lowest BCUT2D eigenvalue weighted by Gasteiger charge is -2.28. The number of aromatic nitrogens is 2. The van der Waals surface area contributed by atoms with Gasteiger partial charge in [0, 0.05) is 29.9 Å². The summed E-state index contributed by atoms with van der Waals surface area (Å²) in [5.74, 6) is -0.563. The van der Waals surface area contributed by atoms with Crippen molar-refractivity contribution in [2.24, 2.45) is 0 Å². The van der Waals surface area contributed by atoms with Crippen molar-refractivity contribution < 1.29 is 9.72 Å². The molecule has 2 aromatic rings. The number of hydrogen-bond acceptors (Lipinski definition) is 6. The summed E-state index contributed by atoms with van der Waals surface area (Å²) in [5.41, 5.74) is -0.340. The number of hydrogen-bond donors (Lipinski definition) is 2. The van der Waals surface area contributed by atoms with Crippen molar-refractivity contribution in [3.8, 4) is 5.69 Å². The second kappa shape index (κ2) is 7.67. The molecule has 9 heteroatoms. The first-order valence-corrected chi connectivity index (χ1v) is 8.76. The Hall–Kier alpha value is -3.07. The molecule has 0 radical (unpaired) electrons. The molecule has 1 aliphatic heterocycles. The highest BCUT2D eigenvalue weighted by Gasteiger charge is 2.24. The smallest absolute Gasteiger partial charge is 0.294 e. The van der Waals surface area contributed by atoms with Crippen LogP contribution in [0.15, 0.2) is 35.1 Å². The summed E-state index contributed by atoms with van der Waals surface area (Å²) in [6, 6.07) is 7.56. The van der Waals surface area contributed by atoms with Crippen LogP contribution in [0.25, 0.3) is 5.69 Å². The molecule has 0 aliphatic carbocycles. The van der Waals surface area contributed by atoms with Gasteiger partial charge in [-0.15, -0.1) is 0 Å². The molecule has 1 saturated heterocycles. The van der Waals surface area contributed by atoms with E-state index in [2.05, 4.69) is 15.7 Å². The van der Waals surface area contributed by atoms with Crippen molar-refractivity contribution in [3.63, 3.8) is 0 Å². The average molecular weight is 371 g/mol. The van der Waals surface area contributed by atoms with Gasteiger partial charge in [0.25, 0.3) is 11.6 Å². The van der Waals surface area contributed by atoms with Gasteiger partial charge >= 0.3 is 0 Å². The van der Waals surface area contributed by atoms with Crippen LogP contribution in [0.5, 0.6) is 0 Å². The lowest BCUT2D eigenvalue weighted by Crippen LogP contribution is -2.47. The predicted molar refractivity (Wildman–Crippen MR) is 99.2 cm³/mol. The normalized spacial score (nSPS) is 19.5. The van der Waals surface area contributed by atoms with E-state index in [-0.39, 0.29) is 29.2 Å². The third-order valence-corrected chi connectivity index (χ3v) is 4.59. The second-order valence-corrected chi connectivity index (χ2v) is 6.71. The van der Waals surface area contributed by atoms with E-state index in [4.69, 9.17) is 0 Å². The minimum Gasteiger partial charge on any atom is -0.348 e. The van der Waals surface area contributed by atoms with Crippen LogP contribution >= 0.6 is 0 Å². The van der Waals surface area contributed by atoms with E-state index in [1.165, 1.54) is 22.9 Å². The van der Waals surface area contributed by atoms with E-state index >= 15 is 0 Å². The Labute approximate surface area is 155 Å². The standard InChI is InChI=1S/C18H21N5O4/c1-11-9-13(7-8-19-11)20-18(25)17-16(24)10-12(2)22(21-17)14-5-3-4-6-15(14)23(26)27/h3-6,10-11,13,19H,7-9H2,1-2H3,(H,20,25). The number of piperidine rings is 1. The highest BCUT2D eigenvalue weighted by Crippen LogP contribution is 2.22. The van der Waals surface area contributed by atoms with Gasteiger partial charge in [-0.25, -0.2) is 4.68 Å². The molecular weight excluding hydrogens is 350 g/mol. The number of para-hydroxylation sites is 2. The van der Waals surface area contributed by atoms with Crippen LogP contribution < -0.4 is 16.1 Å². The van der Waals surface area contributed by atoms with Gasteiger partial charge in [0.1, 0.15) is 5.69 Å². The molecule has 3 rings (SSSR count). The van der Waals surface area contributed by atoms with E-state index in [0.717, 1.165) is 19.4 Å². The van der Waals surface area contributed by atoms with Crippen LogP contribution in [-0.4, -0.2) is 39.2 Å². The second-order valence-electron chi connectivity index (χ2n) is 6.71. The molecule has 2 N–H and O–H groups in total. The monoisotopic (exact) mass is 371 g/mol. The fourth-order valence-electron chi connectivity index (χ4n) is 3.26. The van der Waals surface area contributed by atoms with E-state index in [1.54, 1.807) is 19.1 Å². The summed E-state index contributed by atoms with van der Waals surface area (Å²) >= 11 is 0. The Bertz CT molecular complexity index is 940. The quantitative estimate of drug-likeness (QED) is 0.618. The summed E-state index contributed by atoms with van der Waals surface area (Å²) < 4.78 is 1.26. The lowest BCUT2D eigenvalue weighted by atomic mass is 10.0. The number of carbonyl (C=O) groups is 1. The highest BCUT2D eigenvalue weighted by molar-refractivity contribution is 5.92. The van der Waals surface area contributed by atoms with Crippen molar-refractivity contribution in [3.05, 3.63) is 62.1 Å². The van der Waals surface area contributed by atoms with Gasteiger partial charge < -0.3 is 10.6 Å². The fourth-order valence-corrected chi connectivity index (χ4v) is 3.26. The number of nitrogens with zero attached hydrogens (tertiary/aromatic N) is 3. The van der Waals surface area contributed by atoms with Gasteiger partial charge in [-0.2, -0.15) is 5.10 Å². The molecule has 2 heterocycles. The number of benzene rings is 1. The van der Waals surface area contributed by atoms with Crippen LogP contribution in [0.3, 0.4) is 0 Å². The van der Waals surface area contributed by atoms with Crippen molar-refractivity contribution in [2.75, 3.05) is 6.54 Å². The highest BCUT2D eigenvalue weighted by atomic mass is 16.6. The Morgan fingerprint density at radius 2 is 2.15 bits per heavy atom. The molecule has 1 aliphatic rings. The SMILES string of the molecule is Cc1cc(=O)c(C(=O)NC2CCNC(C)C2)nn1-c1ccccc1[N+](=O)[O-]. The first kappa shape index (κ1) is 18.7. The molecule has 1 fully saturated rings. The molecule has 1 amide bonds. The van der Waals surface area contributed by atoms with Gasteiger partial charge in [0.15, 0.2) is 5.69 Å². The summed E-state index contributed by atoms with van der Waals surface area (Å²) in [6.45, 7) is 4.43. The molecule has 9 nitrogen and oxygen atoms in total. The third kappa shape index (κ3) is 4.03. The van der Waals surface area contributed by atoms with Crippen LogP contribution in [0.2, 0.25) is 0 Å². The summed E-state index contributed by atoms with van der Waals surface area (Å²) in [5, 5.41) is 21.6. The number of nitro benzene ring substituents is 1. The zero-order valence-corrected chi connectivity index (χ0v) is 15.1. The minimum atomic E-state index is -0.563. The largest absolute Gasteiger partial charge is 0.348 e. The first-order valence-electron chi connectivity index (χ1n) is 8.76. The molecule has 0 saturated carbocycles. The maximum atomic E-state index is 12.6. The predicted octanol–water partition coefficient (Wildman–Crippen LogP) is 1.32. The van der Waals surface area contributed by atoms with Crippen LogP contribution in [-0.2, 0) is 0 Å². The van der Waals surface area contributed by atoms with Crippen molar-refractivity contribution in [1.82, 2.24) is 20.4 Å². The number of rotatable bonds is 4. The Morgan fingerprint density at radius 1 is 1.41 bits per heavy atom. The molecular formula is C18H21N5O4. The molecule has 27 heavy (non-hydrogen) atoms. The van der Waals surface area contributed by atoms with Crippen LogP contribution in [0.1, 0.15) is 35.9 Å². The number of amides is 1. The molecule has 1 aromatic heterocycles. The molecule has 0 spiro atoms. The molecule has 1 aromatic carbocycles. The summed E-state index contributed by atoms with van der Waals surface area (Å²) in [7, 11) is 0. The zero-order valence-electron chi connectivity index (χ0n) is 15.1. The van der Waals surface area contributed by atoms with Gasteiger partial charge in [-0.3, -0.25) is 19.7 Å². The number of nitro groups is 1. The maximum absolute atomic E-state index is 12.6. The number of nitrogens with one attached hydrogen (secondary N) is 2. The van der Waals surface area contributed by atoms with Gasteiger partial charge in [0.05, 0.1) is 4.92 Å². The van der Waals surface area contributed by atoms with Crippen molar-refractivity contribution in [1.29, 1.82) is 0 Å². The molecule has 0 bridgehead atoms. The molecule has 2 atom stereocenters. The topological polar surface area (TPSA) is 119 Å². The lowest BCUT2D eigenvalue weighted by molar-refractivity contribution is -0.384. The minimum absolute atomic E-state index is 0.0456. The van der Waals surface area contributed by atoms with E-state index < -0.39 is 16.3 Å². The van der Waals surface area contributed by atoms with Crippen molar-refractivity contribution in [2.45, 2.75) is 38.8 Å². The van der Waals surface area contributed by atoms with Gasteiger partial charge in [0.2, 0.25) is 5.43 Å². The Kier molecular flexibility index (Phi) is 5.31. The third-order valence-electron chi connectivity index (χ3n) is 4.59. The van der Waals surface area contributed by atoms with E-state index in [9.17, 15) is 19.7 Å². The van der Waals surface area contributed by atoms with Crippen molar-refractivity contribution >= 4 is 11.6 Å². The van der Waals surface area contributed by atoms with E-state index in [1.807, 2.05) is 6.92 Å². The first-order chi connectivity index (χ1) is 12.9. The number of aryl methyl sites for hydroxylation is 1. The van der Waals surface area contributed by atoms with Gasteiger partial charge in [-0.1, -0.05) is 12.1 Å². The van der Waals surface area contributed by atoms with Crippen LogP contribution in [0.4, 0.5) is 5.69 Å². The van der Waals surface area contributed by atoms with E-state index in [0.29, 0.717) is 5.69 Å². The van der Waals surface area contributed by atoms with Crippen LogP contribution in [0, 0.1) is 17.0 Å². The fraction of sp³-hybridized carbons (Fsp3) is 0.389. The van der Waals surface area contributed by atoms with Gasteiger partial charge in [-0.05, 0) is 39.3 Å². The number of carbonyl (C=O) groups excluding carboxylic acids is 1. The zero-order chi connectivity index (χ0) is 19.6. The Balaban J connectivity index is 1.96. The summed E-state index contributed by atoms with van der Waals surface area (Å²) in [4.78, 5) is 35.7.